The Morgan fingerprint density at radius 3 is 2.40 bits per heavy atom. The number of ether oxygens (including phenoxy) is 2. The van der Waals surface area contributed by atoms with Crippen LogP contribution in [0.25, 0.3) is 0 Å². The number of methoxy groups -OCH3 is 1. The Hall–Kier alpha value is -2.46. The first-order chi connectivity index (χ1) is 14.4. The highest BCUT2D eigenvalue weighted by molar-refractivity contribution is 7.89. The van der Waals surface area contributed by atoms with Gasteiger partial charge in [-0.2, -0.15) is 0 Å². The largest absolute Gasteiger partial charge is 0.496 e. The molecule has 9 heteroatoms. The number of nitrogens with zero attached hydrogens (tertiary/aromatic N) is 1. The molecular weight excluding hydrogens is 406 g/mol. The minimum atomic E-state index is -3.79. The number of nitrogens with one attached hydrogen (secondary N) is 2. The fraction of sp³-hybridized carbons (Fsp3) is 0.381. The maximum atomic E-state index is 12.7. The summed E-state index contributed by atoms with van der Waals surface area (Å²) in [4.78, 5) is 14.3. The molecule has 1 amide bonds. The van der Waals surface area contributed by atoms with Crippen LogP contribution in [-0.2, 0) is 27.8 Å². The van der Waals surface area contributed by atoms with Gasteiger partial charge < -0.3 is 14.8 Å². The molecule has 1 aliphatic rings. The first-order valence-corrected chi connectivity index (χ1v) is 11.2. The van der Waals surface area contributed by atoms with E-state index in [2.05, 4.69) is 14.9 Å². The van der Waals surface area contributed by atoms with E-state index in [9.17, 15) is 13.2 Å². The maximum Gasteiger partial charge on any atom is 0.254 e. The van der Waals surface area contributed by atoms with Crippen LogP contribution in [0.1, 0.15) is 21.5 Å². The summed E-state index contributed by atoms with van der Waals surface area (Å²) in [5.41, 5.74) is 2.19. The fourth-order valence-electron chi connectivity index (χ4n) is 3.21. The summed E-state index contributed by atoms with van der Waals surface area (Å²) in [6.07, 6.45) is 0. The van der Waals surface area contributed by atoms with Gasteiger partial charge in [0, 0.05) is 33.2 Å². The van der Waals surface area contributed by atoms with Crippen LogP contribution in [0.5, 0.6) is 5.75 Å². The molecule has 0 atom stereocenters. The van der Waals surface area contributed by atoms with Gasteiger partial charge in [-0.1, -0.05) is 24.3 Å². The monoisotopic (exact) mass is 433 g/mol. The second-order valence-corrected chi connectivity index (χ2v) is 8.74. The van der Waals surface area contributed by atoms with Crippen molar-refractivity contribution in [2.75, 3.05) is 40.5 Å². The van der Waals surface area contributed by atoms with Crippen LogP contribution >= 0.6 is 0 Å². The Bertz CT molecular complexity index is 971. The van der Waals surface area contributed by atoms with Gasteiger partial charge in [-0.05, 0) is 29.3 Å². The van der Waals surface area contributed by atoms with Gasteiger partial charge in [-0.3, -0.25) is 9.69 Å². The van der Waals surface area contributed by atoms with Crippen molar-refractivity contribution >= 4 is 15.9 Å². The van der Waals surface area contributed by atoms with Gasteiger partial charge in [0.2, 0.25) is 10.0 Å². The van der Waals surface area contributed by atoms with Crippen LogP contribution in [0.15, 0.2) is 47.4 Å². The second-order valence-electron chi connectivity index (χ2n) is 6.97. The number of morpholine rings is 1. The topological polar surface area (TPSA) is 97.0 Å². The molecule has 0 unspecified atom stereocenters. The van der Waals surface area contributed by atoms with Gasteiger partial charge in [-0.15, -0.1) is 0 Å². The molecule has 3 rings (SSSR count). The molecular formula is C21H27N3O5S. The average molecular weight is 434 g/mol. The molecule has 30 heavy (non-hydrogen) atoms. The number of rotatable bonds is 8. The number of benzene rings is 2. The molecule has 1 saturated heterocycles. The van der Waals surface area contributed by atoms with Gasteiger partial charge in [0.25, 0.3) is 5.91 Å². The lowest BCUT2D eigenvalue weighted by atomic mass is 10.1. The molecule has 2 N–H and O–H groups in total. The molecule has 1 fully saturated rings. The van der Waals surface area contributed by atoms with E-state index >= 15 is 0 Å². The molecule has 2 aromatic rings. The second kappa shape index (κ2) is 10.0. The molecule has 1 heterocycles. The summed E-state index contributed by atoms with van der Waals surface area (Å²) in [7, 11) is -0.885. The first kappa shape index (κ1) is 22.2. The zero-order valence-corrected chi connectivity index (χ0v) is 18.0. The van der Waals surface area contributed by atoms with Crippen molar-refractivity contribution < 1.29 is 22.7 Å². The van der Waals surface area contributed by atoms with E-state index in [0.29, 0.717) is 5.75 Å². The smallest absolute Gasteiger partial charge is 0.254 e. The van der Waals surface area contributed by atoms with Gasteiger partial charge in [0.05, 0.1) is 30.8 Å². The van der Waals surface area contributed by atoms with E-state index in [1.165, 1.54) is 37.9 Å². The molecule has 0 bridgehead atoms. The Morgan fingerprint density at radius 1 is 1.10 bits per heavy atom. The van der Waals surface area contributed by atoms with Crippen molar-refractivity contribution in [3.8, 4) is 5.75 Å². The predicted molar refractivity (Wildman–Crippen MR) is 113 cm³/mol. The lowest BCUT2D eigenvalue weighted by Crippen LogP contribution is -2.35. The van der Waals surface area contributed by atoms with Gasteiger partial charge in [-0.25, -0.2) is 13.1 Å². The lowest BCUT2D eigenvalue weighted by Gasteiger charge is -2.26. The van der Waals surface area contributed by atoms with Crippen LogP contribution in [0.3, 0.4) is 0 Å². The third kappa shape index (κ3) is 5.57. The standard InChI is InChI=1S/C21H27N3O5S/c1-22-21(25)19-13-18(7-8-20(19)28-2)30(26,27)23-14-16-3-5-17(6-4-16)15-24-9-11-29-12-10-24/h3-8,13,23H,9-12,14-15H2,1-2H3,(H,22,25). The van der Waals surface area contributed by atoms with Crippen molar-refractivity contribution in [2.24, 2.45) is 0 Å². The molecule has 0 radical (unpaired) electrons. The van der Waals surface area contributed by atoms with Gasteiger partial charge >= 0.3 is 0 Å². The van der Waals surface area contributed by atoms with E-state index in [0.717, 1.165) is 38.4 Å². The number of hydrogen-bond donors (Lipinski definition) is 2. The zero-order valence-electron chi connectivity index (χ0n) is 17.2. The Balaban J connectivity index is 1.65. The van der Waals surface area contributed by atoms with Gasteiger partial charge in [0.1, 0.15) is 5.75 Å². The number of carbonyl (C=O) groups is 1. The molecule has 0 aromatic heterocycles. The molecule has 2 aromatic carbocycles. The van der Waals surface area contributed by atoms with E-state index in [1.807, 2.05) is 24.3 Å². The Labute approximate surface area is 177 Å². The third-order valence-corrected chi connectivity index (χ3v) is 6.35. The molecule has 1 aliphatic heterocycles. The molecule has 0 spiro atoms. The van der Waals surface area contributed by atoms with Crippen molar-refractivity contribution in [3.05, 3.63) is 59.2 Å². The minimum Gasteiger partial charge on any atom is -0.496 e. The van der Waals surface area contributed by atoms with E-state index in [-0.39, 0.29) is 17.0 Å². The Morgan fingerprint density at radius 2 is 1.77 bits per heavy atom. The fourth-order valence-corrected chi connectivity index (χ4v) is 4.25. The van der Waals surface area contributed by atoms with E-state index in [1.54, 1.807) is 0 Å². The average Bonchev–Trinajstić information content (AvgIpc) is 2.78. The molecule has 8 nitrogen and oxygen atoms in total. The lowest BCUT2D eigenvalue weighted by molar-refractivity contribution is 0.0342. The van der Waals surface area contributed by atoms with E-state index in [4.69, 9.17) is 9.47 Å². The number of sulfonamides is 1. The number of hydrogen-bond acceptors (Lipinski definition) is 6. The van der Waals surface area contributed by atoms with E-state index < -0.39 is 15.9 Å². The van der Waals surface area contributed by atoms with Crippen LogP contribution in [-0.4, -0.2) is 59.7 Å². The van der Waals surface area contributed by atoms with Crippen LogP contribution in [0.4, 0.5) is 0 Å². The zero-order chi connectivity index (χ0) is 21.6. The Kier molecular flexibility index (Phi) is 7.43. The first-order valence-electron chi connectivity index (χ1n) is 9.70. The summed E-state index contributed by atoms with van der Waals surface area (Å²) in [6, 6.07) is 12.1. The van der Waals surface area contributed by atoms with Crippen molar-refractivity contribution in [1.29, 1.82) is 0 Å². The highest BCUT2D eigenvalue weighted by Gasteiger charge is 2.19. The number of carbonyl (C=O) groups excluding carboxylic acids is 1. The van der Waals surface area contributed by atoms with Crippen LogP contribution < -0.4 is 14.8 Å². The third-order valence-electron chi connectivity index (χ3n) is 4.95. The predicted octanol–water partition coefficient (Wildman–Crippen LogP) is 1.37. The normalized spacial score (nSPS) is 15.0. The highest BCUT2D eigenvalue weighted by Crippen LogP contribution is 2.22. The minimum absolute atomic E-state index is 0.00541. The number of amides is 1. The highest BCUT2D eigenvalue weighted by atomic mass is 32.2. The van der Waals surface area contributed by atoms with Crippen molar-refractivity contribution in [1.82, 2.24) is 14.9 Å². The molecule has 0 saturated carbocycles. The molecule has 162 valence electrons. The van der Waals surface area contributed by atoms with Crippen molar-refractivity contribution in [2.45, 2.75) is 18.0 Å². The SMILES string of the molecule is CNC(=O)c1cc(S(=O)(=O)NCc2ccc(CN3CCOCC3)cc2)ccc1OC. The summed E-state index contributed by atoms with van der Waals surface area (Å²) >= 11 is 0. The summed E-state index contributed by atoms with van der Waals surface area (Å²) in [6.45, 7) is 4.35. The quantitative estimate of drug-likeness (QED) is 0.653. The summed E-state index contributed by atoms with van der Waals surface area (Å²) in [5, 5.41) is 2.48. The van der Waals surface area contributed by atoms with Gasteiger partial charge in [0.15, 0.2) is 0 Å². The van der Waals surface area contributed by atoms with Crippen molar-refractivity contribution in [3.63, 3.8) is 0 Å². The van der Waals surface area contributed by atoms with Crippen LogP contribution in [0, 0.1) is 0 Å². The molecule has 0 aliphatic carbocycles. The maximum absolute atomic E-state index is 12.7. The van der Waals surface area contributed by atoms with Crippen LogP contribution in [0.2, 0.25) is 0 Å². The summed E-state index contributed by atoms with van der Waals surface area (Å²) in [5.74, 6) is -0.107. The summed E-state index contributed by atoms with van der Waals surface area (Å²) < 4.78 is 38.5.